The minimum Gasteiger partial charge on any atom is -0.489 e. The second-order valence-corrected chi connectivity index (χ2v) is 6.85. The molecule has 152 valence electrons. The minimum absolute atomic E-state index is 0.152. The fraction of sp³-hybridized carbons (Fsp3) is 0.476. The smallest absolute Gasteiger partial charge is 0.308 e. The number of amides is 2. The number of nitrogens with zero attached hydrogens (tertiary/aromatic N) is 1. The van der Waals surface area contributed by atoms with Crippen molar-refractivity contribution in [3.63, 3.8) is 0 Å². The Morgan fingerprint density at radius 2 is 2.00 bits per heavy atom. The summed E-state index contributed by atoms with van der Waals surface area (Å²) in [6, 6.07) is 5.84. The van der Waals surface area contributed by atoms with E-state index < -0.39 is 12.0 Å². The van der Waals surface area contributed by atoms with Gasteiger partial charge in [0.1, 0.15) is 18.4 Å². The molecule has 0 aromatic heterocycles. The van der Waals surface area contributed by atoms with Crippen molar-refractivity contribution in [1.29, 1.82) is 0 Å². The van der Waals surface area contributed by atoms with Crippen molar-refractivity contribution in [3.8, 4) is 5.75 Å². The number of carbonyl (C=O) groups excluding carboxylic acids is 3. The van der Waals surface area contributed by atoms with E-state index >= 15 is 0 Å². The molecule has 28 heavy (non-hydrogen) atoms. The number of piperazine rings is 1. The maximum Gasteiger partial charge on any atom is 0.308 e. The van der Waals surface area contributed by atoms with Crippen LogP contribution >= 0.6 is 0 Å². The predicted octanol–water partition coefficient (Wildman–Crippen LogP) is 2.32. The molecule has 7 nitrogen and oxygen atoms in total. The predicted molar refractivity (Wildman–Crippen MR) is 105 cm³/mol. The highest BCUT2D eigenvalue weighted by molar-refractivity contribution is 5.99. The zero-order valence-electron chi connectivity index (χ0n) is 16.5. The van der Waals surface area contributed by atoms with Crippen molar-refractivity contribution in [2.24, 2.45) is 0 Å². The third kappa shape index (κ3) is 6.11. The first kappa shape index (κ1) is 21.5. The second kappa shape index (κ2) is 10.5. The van der Waals surface area contributed by atoms with E-state index in [1.165, 1.54) is 4.90 Å². The molecule has 1 aromatic rings. The molecule has 1 fully saturated rings. The van der Waals surface area contributed by atoms with Crippen LogP contribution in [0.15, 0.2) is 36.4 Å². The summed E-state index contributed by atoms with van der Waals surface area (Å²) in [4.78, 5) is 38.7. The topological polar surface area (TPSA) is 84.9 Å². The van der Waals surface area contributed by atoms with Crippen molar-refractivity contribution in [2.45, 2.75) is 39.2 Å². The zero-order chi connectivity index (χ0) is 20.5. The van der Waals surface area contributed by atoms with Crippen LogP contribution in [0, 0.1) is 0 Å². The van der Waals surface area contributed by atoms with Gasteiger partial charge in [-0.1, -0.05) is 19.9 Å². The first-order valence-corrected chi connectivity index (χ1v) is 9.54. The number of benzene rings is 1. The van der Waals surface area contributed by atoms with E-state index in [9.17, 15) is 14.4 Å². The Hall–Kier alpha value is -2.83. The maximum absolute atomic E-state index is 12.9. The van der Waals surface area contributed by atoms with Crippen LogP contribution in [0.3, 0.4) is 0 Å². The summed E-state index contributed by atoms with van der Waals surface area (Å²) in [5.41, 5.74) is 1.33. The normalized spacial score (nSPS) is 16.3. The highest BCUT2D eigenvalue weighted by atomic mass is 16.5. The van der Waals surface area contributed by atoms with Crippen LogP contribution in [0.1, 0.15) is 43.5 Å². The van der Waals surface area contributed by atoms with Crippen molar-refractivity contribution < 1.29 is 23.9 Å². The molecular formula is C21H28N2O5. The summed E-state index contributed by atoms with van der Waals surface area (Å²) < 4.78 is 10.7. The monoisotopic (exact) mass is 388 g/mol. The van der Waals surface area contributed by atoms with Crippen LogP contribution in [0.4, 0.5) is 0 Å². The molecule has 0 aliphatic carbocycles. The van der Waals surface area contributed by atoms with Gasteiger partial charge in [-0.3, -0.25) is 14.4 Å². The van der Waals surface area contributed by atoms with E-state index in [0.29, 0.717) is 37.6 Å². The molecule has 1 heterocycles. The number of hydrogen-bond donors (Lipinski definition) is 1. The van der Waals surface area contributed by atoms with Crippen LogP contribution in [-0.2, 0) is 14.3 Å². The molecule has 1 aromatic carbocycles. The van der Waals surface area contributed by atoms with Gasteiger partial charge < -0.3 is 19.7 Å². The summed E-state index contributed by atoms with van der Waals surface area (Å²) in [5.74, 6) is -0.482. The lowest BCUT2D eigenvalue weighted by molar-refractivity contribution is -0.147. The average Bonchev–Trinajstić information content (AvgIpc) is 2.68. The molecule has 1 unspecified atom stereocenters. The van der Waals surface area contributed by atoms with Crippen LogP contribution in [0.5, 0.6) is 5.75 Å². The molecule has 2 rings (SSSR count). The standard InChI is InChI=1S/C21H28N2O5/c1-4-5-12-27-19(24)13-18-20(25)22-10-11-23(18)21(26)16-6-8-17(9-7-16)28-14-15(2)3/h6-9,18H,2,4-5,10-14H2,1,3H3,(H,22,25). The summed E-state index contributed by atoms with van der Waals surface area (Å²) in [7, 11) is 0. The van der Waals surface area contributed by atoms with E-state index in [0.717, 1.165) is 18.4 Å². The Labute approximate surface area is 165 Å². The van der Waals surface area contributed by atoms with Gasteiger partial charge >= 0.3 is 5.97 Å². The maximum atomic E-state index is 12.9. The van der Waals surface area contributed by atoms with Crippen molar-refractivity contribution in [3.05, 3.63) is 42.0 Å². The molecule has 0 radical (unpaired) electrons. The van der Waals surface area contributed by atoms with Gasteiger partial charge in [-0.05, 0) is 43.2 Å². The van der Waals surface area contributed by atoms with Gasteiger partial charge in [0.15, 0.2) is 0 Å². The molecule has 0 saturated carbocycles. The molecule has 0 spiro atoms. The van der Waals surface area contributed by atoms with E-state index in [1.54, 1.807) is 24.3 Å². The molecular weight excluding hydrogens is 360 g/mol. The fourth-order valence-electron chi connectivity index (χ4n) is 2.77. The van der Waals surface area contributed by atoms with Gasteiger partial charge in [-0.2, -0.15) is 0 Å². The zero-order valence-corrected chi connectivity index (χ0v) is 16.5. The fourth-order valence-corrected chi connectivity index (χ4v) is 2.77. The summed E-state index contributed by atoms with van der Waals surface area (Å²) in [5, 5.41) is 2.71. The number of unbranched alkanes of at least 4 members (excludes halogenated alkanes) is 1. The Morgan fingerprint density at radius 3 is 2.64 bits per heavy atom. The largest absolute Gasteiger partial charge is 0.489 e. The van der Waals surface area contributed by atoms with Gasteiger partial charge in [0.25, 0.3) is 5.91 Å². The lowest BCUT2D eigenvalue weighted by Gasteiger charge is -2.34. The Bertz CT molecular complexity index is 714. The molecule has 7 heteroatoms. The number of carbonyl (C=O) groups is 3. The third-order valence-corrected chi connectivity index (χ3v) is 4.30. The van der Waals surface area contributed by atoms with Gasteiger partial charge in [0.05, 0.1) is 13.0 Å². The third-order valence-electron chi connectivity index (χ3n) is 4.30. The molecule has 0 bridgehead atoms. The quantitative estimate of drug-likeness (QED) is 0.399. The van der Waals surface area contributed by atoms with E-state index in [2.05, 4.69) is 11.9 Å². The van der Waals surface area contributed by atoms with E-state index in [1.807, 2.05) is 13.8 Å². The van der Waals surface area contributed by atoms with Crippen molar-refractivity contribution in [2.75, 3.05) is 26.3 Å². The lowest BCUT2D eigenvalue weighted by Crippen LogP contribution is -2.57. The highest BCUT2D eigenvalue weighted by Gasteiger charge is 2.35. The number of esters is 1. The Kier molecular flexibility index (Phi) is 8.04. The van der Waals surface area contributed by atoms with Crippen LogP contribution < -0.4 is 10.1 Å². The molecule has 1 saturated heterocycles. The van der Waals surface area contributed by atoms with Gasteiger partial charge in [-0.15, -0.1) is 0 Å². The Balaban J connectivity index is 2.04. The number of hydrogen-bond acceptors (Lipinski definition) is 5. The lowest BCUT2D eigenvalue weighted by atomic mass is 10.1. The minimum atomic E-state index is -0.866. The molecule has 2 amide bonds. The molecule has 1 aliphatic rings. The highest BCUT2D eigenvalue weighted by Crippen LogP contribution is 2.18. The number of rotatable bonds is 9. The summed E-state index contributed by atoms with van der Waals surface area (Å²) in [6.45, 7) is 9.06. The molecule has 1 atom stereocenters. The van der Waals surface area contributed by atoms with Crippen LogP contribution in [-0.4, -0.2) is 55.0 Å². The van der Waals surface area contributed by atoms with Gasteiger partial charge in [0, 0.05) is 18.7 Å². The molecule has 1 aliphatic heterocycles. The van der Waals surface area contributed by atoms with Crippen LogP contribution in [0.25, 0.3) is 0 Å². The molecule has 1 N–H and O–H groups in total. The van der Waals surface area contributed by atoms with Crippen LogP contribution in [0.2, 0.25) is 0 Å². The van der Waals surface area contributed by atoms with Gasteiger partial charge in [0.2, 0.25) is 5.91 Å². The average molecular weight is 388 g/mol. The SMILES string of the molecule is C=C(C)COc1ccc(C(=O)N2CCNC(=O)C2CC(=O)OCCCC)cc1. The Morgan fingerprint density at radius 1 is 1.29 bits per heavy atom. The van der Waals surface area contributed by atoms with E-state index in [-0.39, 0.29) is 18.2 Å². The number of ether oxygens (including phenoxy) is 2. The summed E-state index contributed by atoms with van der Waals surface area (Å²) in [6.07, 6.45) is 1.53. The summed E-state index contributed by atoms with van der Waals surface area (Å²) >= 11 is 0. The first-order chi connectivity index (χ1) is 13.4. The van der Waals surface area contributed by atoms with E-state index in [4.69, 9.17) is 9.47 Å². The second-order valence-electron chi connectivity index (χ2n) is 6.85. The first-order valence-electron chi connectivity index (χ1n) is 9.54. The number of nitrogens with one attached hydrogen (secondary N) is 1. The van der Waals surface area contributed by atoms with Crippen molar-refractivity contribution >= 4 is 17.8 Å². The van der Waals surface area contributed by atoms with Gasteiger partial charge in [-0.25, -0.2) is 0 Å². The van der Waals surface area contributed by atoms with Crippen molar-refractivity contribution in [1.82, 2.24) is 10.2 Å².